The SMILES string of the molecule is COC(=O)[C@H]1CN=C(C(C)(C)C)N1. The topological polar surface area (TPSA) is 50.7 Å². The van der Waals surface area contributed by atoms with Gasteiger partial charge in [-0.05, 0) is 0 Å². The Hall–Kier alpha value is -1.06. The number of rotatable bonds is 1. The first-order valence-electron chi connectivity index (χ1n) is 4.34. The van der Waals surface area contributed by atoms with Crippen molar-refractivity contribution in [3.63, 3.8) is 0 Å². The molecule has 0 aromatic heterocycles. The third-order valence-corrected chi connectivity index (χ3v) is 1.94. The molecule has 74 valence electrons. The Morgan fingerprint density at radius 1 is 1.62 bits per heavy atom. The fraction of sp³-hybridized carbons (Fsp3) is 0.778. The molecule has 0 aromatic rings. The monoisotopic (exact) mass is 184 g/mol. The summed E-state index contributed by atoms with van der Waals surface area (Å²) in [6.45, 7) is 6.65. The molecule has 1 N–H and O–H groups in total. The maximum atomic E-state index is 11.1. The zero-order chi connectivity index (χ0) is 10.1. The van der Waals surface area contributed by atoms with Gasteiger partial charge in [-0.1, -0.05) is 20.8 Å². The molecule has 0 saturated carbocycles. The highest BCUT2D eigenvalue weighted by atomic mass is 16.5. The van der Waals surface area contributed by atoms with Gasteiger partial charge in [-0.15, -0.1) is 0 Å². The van der Waals surface area contributed by atoms with Gasteiger partial charge in [0, 0.05) is 5.41 Å². The van der Waals surface area contributed by atoms with Crippen LogP contribution in [0.2, 0.25) is 0 Å². The molecule has 4 heteroatoms. The van der Waals surface area contributed by atoms with E-state index < -0.39 is 0 Å². The fourth-order valence-electron chi connectivity index (χ4n) is 1.17. The molecule has 0 aromatic carbocycles. The van der Waals surface area contributed by atoms with Crippen LogP contribution in [0.3, 0.4) is 0 Å². The van der Waals surface area contributed by atoms with E-state index in [4.69, 9.17) is 0 Å². The lowest BCUT2D eigenvalue weighted by molar-refractivity contribution is -0.142. The van der Waals surface area contributed by atoms with Crippen LogP contribution in [0.5, 0.6) is 0 Å². The van der Waals surface area contributed by atoms with Crippen molar-refractivity contribution in [2.75, 3.05) is 13.7 Å². The third kappa shape index (κ3) is 2.20. The van der Waals surface area contributed by atoms with Crippen LogP contribution >= 0.6 is 0 Å². The highest BCUT2D eigenvalue weighted by Gasteiger charge is 2.30. The number of hydrogen-bond acceptors (Lipinski definition) is 4. The van der Waals surface area contributed by atoms with Crippen LogP contribution in [0.1, 0.15) is 20.8 Å². The lowest BCUT2D eigenvalue weighted by Gasteiger charge is -2.20. The predicted molar refractivity (Wildman–Crippen MR) is 50.7 cm³/mol. The van der Waals surface area contributed by atoms with E-state index >= 15 is 0 Å². The predicted octanol–water partition coefficient (Wildman–Crippen LogP) is 0.576. The zero-order valence-corrected chi connectivity index (χ0v) is 8.55. The van der Waals surface area contributed by atoms with Gasteiger partial charge in [-0.25, -0.2) is 4.79 Å². The largest absolute Gasteiger partial charge is 0.467 e. The molecule has 0 spiro atoms. The van der Waals surface area contributed by atoms with Gasteiger partial charge in [-0.2, -0.15) is 0 Å². The Bertz CT molecular complexity index is 240. The Labute approximate surface area is 78.4 Å². The summed E-state index contributed by atoms with van der Waals surface area (Å²) in [5.41, 5.74) is -0.0250. The van der Waals surface area contributed by atoms with Gasteiger partial charge in [0.15, 0.2) is 0 Å². The highest BCUT2D eigenvalue weighted by Crippen LogP contribution is 2.17. The first-order chi connectivity index (χ1) is 5.95. The van der Waals surface area contributed by atoms with Gasteiger partial charge in [0.05, 0.1) is 13.7 Å². The summed E-state index contributed by atoms with van der Waals surface area (Å²) >= 11 is 0. The summed E-state index contributed by atoms with van der Waals surface area (Å²) in [5.74, 6) is 0.630. The first kappa shape index (κ1) is 10.0. The number of hydrogen-bond donors (Lipinski definition) is 1. The molecule has 1 rings (SSSR count). The molecule has 0 amide bonds. The minimum absolute atomic E-state index is 0.0250. The van der Waals surface area contributed by atoms with Gasteiger partial charge in [0.1, 0.15) is 11.9 Å². The molecule has 1 aliphatic heterocycles. The third-order valence-electron chi connectivity index (χ3n) is 1.94. The van der Waals surface area contributed by atoms with Crippen LogP contribution in [-0.4, -0.2) is 31.5 Å². The number of amidine groups is 1. The maximum Gasteiger partial charge on any atom is 0.330 e. The van der Waals surface area contributed by atoms with Crippen molar-refractivity contribution in [3.8, 4) is 0 Å². The van der Waals surface area contributed by atoms with Crippen molar-refractivity contribution in [2.45, 2.75) is 26.8 Å². The molecule has 13 heavy (non-hydrogen) atoms. The molecule has 0 radical (unpaired) electrons. The molecule has 0 fully saturated rings. The van der Waals surface area contributed by atoms with Crippen molar-refractivity contribution in [3.05, 3.63) is 0 Å². The number of ether oxygens (including phenoxy) is 1. The molecular weight excluding hydrogens is 168 g/mol. The van der Waals surface area contributed by atoms with Gasteiger partial charge in [0.25, 0.3) is 0 Å². The summed E-state index contributed by atoms with van der Waals surface area (Å²) in [7, 11) is 1.39. The van der Waals surface area contributed by atoms with Crippen molar-refractivity contribution in [1.82, 2.24) is 5.32 Å². The Morgan fingerprint density at radius 2 is 2.23 bits per heavy atom. The van der Waals surface area contributed by atoms with Crippen molar-refractivity contribution >= 4 is 11.8 Å². The van der Waals surface area contributed by atoms with Gasteiger partial charge in [0.2, 0.25) is 0 Å². The van der Waals surface area contributed by atoms with E-state index in [1.165, 1.54) is 7.11 Å². The average molecular weight is 184 g/mol. The van der Waals surface area contributed by atoms with Crippen LogP contribution < -0.4 is 5.32 Å². The number of nitrogens with zero attached hydrogens (tertiary/aromatic N) is 1. The van der Waals surface area contributed by atoms with E-state index in [0.29, 0.717) is 6.54 Å². The summed E-state index contributed by atoms with van der Waals surface area (Å²) < 4.78 is 4.62. The lowest BCUT2D eigenvalue weighted by Crippen LogP contribution is -2.42. The quantitative estimate of drug-likeness (QED) is 0.606. The van der Waals surface area contributed by atoms with E-state index in [0.717, 1.165) is 5.84 Å². The van der Waals surface area contributed by atoms with Crippen molar-refractivity contribution in [1.29, 1.82) is 0 Å². The van der Waals surface area contributed by atoms with E-state index in [1.807, 2.05) is 0 Å². The molecule has 0 aliphatic carbocycles. The second-order valence-corrected chi connectivity index (χ2v) is 4.16. The standard InChI is InChI=1S/C9H16N2O2/c1-9(2,3)8-10-5-6(11-8)7(12)13-4/h6H,5H2,1-4H3,(H,10,11)/t6-/m1/s1. The van der Waals surface area contributed by atoms with E-state index in [1.54, 1.807) is 0 Å². The minimum Gasteiger partial charge on any atom is -0.467 e. The van der Waals surface area contributed by atoms with Gasteiger partial charge < -0.3 is 10.1 Å². The minimum atomic E-state index is -0.292. The smallest absolute Gasteiger partial charge is 0.330 e. The molecule has 0 bridgehead atoms. The fourth-order valence-corrected chi connectivity index (χ4v) is 1.17. The summed E-state index contributed by atoms with van der Waals surface area (Å²) in [5, 5.41) is 3.06. The number of methoxy groups -OCH3 is 1. The number of nitrogens with one attached hydrogen (secondary N) is 1. The van der Waals surface area contributed by atoms with Crippen LogP contribution in [0, 0.1) is 5.41 Å². The first-order valence-corrected chi connectivity index (χ1v) is 4.34. The molecular formula is C9H16N2O2. The highest BCUT2D eigenvalue weighted by molar-refractivity contribution is 5.93. The van der Waals surface area contributed by atoms with Crippen LogP contribution in [0.15, 0.2) is 4.99 Å². The second kappa shape index (κ2) is 3.36. The summed E-state index contributed by atoms with van der Waals surface area (Å²) in [6, 6.07) is -0.292. The number of aliphatic imine (C=N–C) groups is 1. The van der Waals surface area contributed by atoms with E-state index in [9.17, 15) is 4.79 Å². The van der Waals surface area contributed by atoms with E-state index in [-0.39, 0.29) is 17.4 Å². The summed E-state index contributed by atoms with van der Waals surface area (Å²) in [4.78, 5) is 15.4. The zero-order valence-electron chi connectivity index (χ0n) is 8.55. The van der Waals surface area contributed by atoms with Gasteiger partial charge >= 0.3 is 5.97 Å². The van der Waals surface area contributed by atoms with Crippen molar-refractivity contribution in [2.24, 2.45) is 10.4 Å². The second-order valence-electron chi connectivity index (χ2n) is 4.16. The van der Waals surface area contributed by atoms with Crippen molar-refractivity contribution < 1.29 is 9.53 Å². The molecule has 1 aliphatic rings. The van der Waals surface area contributed by atoms with Crippen LogP contribution in [0.4, 0.5) is 0 Å². The average Bonchev–Trinajstić information content (AvgIpc) is 2.50. The lowest BCUT2D eigenvalue weighted by atomic mass is 9.95. The molecule has 4 nitrogen and oxygen atoms in total. The Balaban J connectivity index is 2.57. The Morgan fingerprint density at radius 3 is 2.62 bits per heavy atom. The molecule has 1 heterocycles. The molecule has 1 atom stereocenters. The maximum absolute atomic E-state index is 11.1. The normalized spacial score (nSPS) is 22.2. The van der Waals surface area contributed by atoms with E-state index in [2.05, 4.69) is 35.8 Å². The van der Waals surface area contributed by atoms with Crippen LogP contribution in [0.25, 0.3) is 0 Å². The molecule has 0 unspecified atom stereocenters. The molecule has 0 saturated heterocycles. The number of carbonyl (C=O) groups excluding carboxylic acids is 1. The van der Waals surface area contributed by atoms with Crippen LogP contribution in [-0.2, 0) is 9.53 Å². The van der Waals surface area contributed by atoms with Gasteiger partial charge in [-0.3, -0.25) is 4.99 Å². The number of esters is 1. The number of carbonyl (C=O) groups is 1. The summed E-state index contributed by atoms with van der Waals surface area (Å²) in [6.07, 6.45) is 0. The Kier molecular flexibility index (Phi) is 2.59.